The molecule has 1 N–H and O–H groups in total. The number of halogens is 3. The van der Waals surface area contributed by atoms with E-state index in [4.69, 9.17) is 23.2 Å². The number of aldehydes is 2. The molecule has 2 aromatic carbocycles. The molecule has 30 heavy (non-hydrogen) atoms. The van der Waals surface area contributed by atoms with E-state index in [1.165, 1.54) is 50.9 Å². The summed E-state index contributed by atoms with van der Waals surface area (Å²) in [6, 6.07) is 9.24. The molecule has 0 bridgehead atoms. The second-order valence-electron chi connectivity index (χ2n) is 6.76. The first-order chi connectivity index (χ1) is 14.0. The van der Waals surface area contributed by atoms with E-state index in [1.54, 1.807) is 6.07 Å². The van der Waals surface area contributed by atoms with Gasteiger partial charge in [-0.2, -0.15) is 0 Å². The normalized spacial score (nSPS) is 14.6. The van der Waals surface area contributed by atoms with Gasteiger partial charge in [-0.05, 0) is 75.2 Å². The number of hydrogen-bond acceptors (Lipinski definition) is 4. The summed E-state index contributed by atoms with van der Waals surface area (Å²) in [5.41, 5.74) is 2.00. The highest BCUT2D eigenvalue weighted by molar-refractivity contribution is 6.33. The Kier molecular flexibility index (Phi) is 12.3. The maximum atomic E-state index is 12.3. The standard InChI is InChI=1S/C11H12ClNO.C7H4ClFO.C4H9N.CH4/c12-11-7-10(4-3-9(11)8-14)13-5-1-2-6-13;8-7-3-6(9)2-1-5(7)4-10;1-2-4-5-3-1;/h3-4,7-8H,1-2,5-6H2;1-4H;5H,1-4H2;1H4. The van der Waals surface area contributed by atoms with Crippen LogP contribution >= 0.6 is 23.2 Å². The second-order valence-corrected chi connectivity index (χ2v) is 7.57. The quantitative estimate of drug-likeness (QED) is 0.573. The van der Waals surface area contributed by atoms with Crippen LogP contribution in [0.3, 0.4) is 0 Å². The van der Waals surface area contributed by atoms with Crippen LogP contribution in [0.25, 0.3) is 0 Å². The topological polar surface area (TPSA) is 49.4 Å². The minimum atomic E-state index is -0.435. The average molecular weight is 455 g/mol. The first-order valence-corrected chi connectivity index (χ1v) is 10.4. The molecule has 2 fully saturated rings. The molecule has 2 heterocycles. The van der Waals surface area contributed by atoms with Crippen LogP contribution in [0.15, 0.2) is 36.4 Å². The van der Waals surface area contributed by atoms with Gasteiger partial charge in [0.15, 0.2) is 12.6 Å². The second kappa shape index (κ2) is 14.1. The Balaban J connectivity index is 0.000000246. The number of anilines is 1. The third-order valence-corrected chi connectivity index (χ3v) is 5.28. The van der Waals surface area contributed by atoms with Gasteiger partial charge in [0, 0.05) is 29.9 Å². The van der Waals surface area contributed by atoms with Crippen molar-refractivity contribution in [2.45, 2.75) is 33.1 Å². The van der Waals surface area contributed by atoms with Gasteiger partial charge in [-0.25, -0.2) is 4.39 Å². The van der Waals surface area contributed by atoms with E-state index in [9.17, 15) is 14.0 Å². The van der Waals surface area contributed by atoms with Crippen LogP contribution in [0.1, 0.15) is 53.8 Å². The molecule has 0 radical (unpaired) electrons. The van der Waals surface area contributed by atoms with Gasteiger partial charge < -0.3 is 10.2 Å². The summed E-state index contributed by atoms with van der Waals surface area (Å²) in [4.78, 5) is 23.0. The van der Waals surface area contributed by atoms with E-state index in [2.05, 4.69) is 10.2 Å². The minimum Gasteiger partial charge on any atom is -0.371 e. The fourth-order valence-corrected chi connectivity index (χ4v) is 3.44. The molecular formula is C23H29Cl2FN2O2. The van der Waals surface area contributed by atoms with Crippen LogP contribution in [-0.4, -0.2) is 38.8 Å². The average Bonchev–Trinajstić information content (AvgIpc) is 3.45. The Morgan fingerprint density at radius 3 is 1.80 bits per heavy atom. The highest BCUT2D eigenvalue weighted by Crippen LogP contribution is 2.25. The van der Waals surface area contributed by atoms with Crippen LogP contribution in [0.2, 0.25) is 10.0 Å². The summed E-state index contributed by atoms with van der Waals surface area (Å²) in [6.45, 7) is 4.69. The number of nitrogens with zero attached hydrogens (tertiary/aromatic N) is 1. The van der Waals surface area contributed by atoms with Crippen LogP contribution in [0.4, 0.5) is 10.1 Å². The van der Waals surface area contributed by atoms with Crippen molar-refractivity contribution in [2.75, 3.05) is 31.1 Å². The van der Waals surface area contributed by atoms with Crippen LogP contribution < -0.4 is 10.2 Å². The summed E-state index contributed by atoms with van der Waals surface area (Å²) in [6.07, 6.45) is 6.64. The summed E-state index contributed by atoms with van der Waals surface area (Å²) in [7, 11) is 0. The molecule has 2 aliphatic heterocycles. The van der Waals surface area contributed by atoms with Gasteiger partial charge in [-0.1, -0.05) is 30.6 Å². The molecule has 7 heteroatoms. The maximum absolute atomic E-state index is 12.3. The van der Waals surface area contributed by atoms with Gasteiger partial charge in [0.25, 0.3) is 0 Å². The molecule has 2 aliphatic rings. The van der Waals surface area contributed by atoms with Crippen molar-refractivity contribution in [3.63, 3.8) is 0 Å². The van der Waals surface area contributed by atoms with Crippen LogP contribution in [0, 0.1) is 5.82 Å². The summed E-state index contributed by atoms with van der Waals surface area (Å²) in [5, 5.41) is 3.92. The van der Waals surface area contributed by atoms with Crippen molar-refractivity contribution >= 4 is 41.5 Å². The zero-order valence-electron chi connectivity index (χ0n) is 16.2. The number of benzene rings is 2. The summed E-state index contributed by atoms with van der Waals surface area (Å²) >= 11 is 11.4. The van der Waals surface area contributed by atoms with Crippen LogP contribution in [0.5, 0.6) is 0 Å². The molecular weight excluding hydrogens is 426 g/mol. The lowest BCUT2D eigenvalue weighted by Gasteiger charge is -2.17. The van der Waals surface area contributed by atoms with Crippen LogP contribution in [-0.2, 0) is 0 Å². The van der Waals surface area contributed by atoms with Gasteiger partial charge in [0.2, 0.25) is 0 Å². The molecule has 2 aromatic rings. The zero-order valence-corrected chi connectivity index (χ0v) is 17.7. The number of hydrogen-bond donors (Lipinski definition) is 1. The van der Waals surface area contributed by atoms with Gasteiger partial charge in [-0.15, -0.1) is 0 Å². The Bertz CT molecular complexity index is 800. The molecule has 4 rings (SSSR count). The molecule has 164 valence electrons. The molecule has 0 spiro atoms. The highest BCUT2D eigenvalue weighted by atomic mass is 35.5. The lowest BCUT2D eigenvalue weighted by Crippen LogP contribution is -2.17. The van der Waals surface area contributed by atoms with E-state index in [0.29, 0.717) is 22.4 Å². The van der Waals surface area contributed by atoms with E-state index in [1.807, 2.05) is 12.1 Å². The Labute approximate surface area is 188 Å². The zero-order chi connectivity index (χ0) is 21.1. The maximum Gasteiger partial charge on any atom is 0.151 e. The Hall–Kier alpha value is -1.95. The smallest absolute Gasteiger partial charge is 0.151 e. The van der Waals surface area contributed by atoms with E-state index in [-0.39, 0.29) is 12.4 Å². The fourth-order valence-electron chi connectivity index (χ4n) is 3.01. The molecule has 0 aromatic heterocycles. The molecule has 0 saturated carbocycles. The van der Waals surface area contributed by atoms with E-state index < -0.39 is 5.82 Å². The van der Waals surface area contributed by atoms with E-state index >= 15 is 0 Å². The third-order valence-electron chi connectivity index (χ3n) is 4.63. The molecule has 2 saturated heterocycles. The Morgan fingerprint density at radius 2 is 1.37 bits per heavy atom. The lowest BCUT2D eigenvalue weighted by molar-refractivity contribution is 0.111. The number of nitrogens with one attached hydrogen (secondary N) is 1. The van der Waals surface area contributed by atoms with Crippen molar-refractivity contribution in [3.8, 4) is 0 Å². The number of rotatable bonds is 3. The third kappa shape index (κ3) is 8.42. The monoisotopic (exact) mass is 454 g/mol. The van der Waals surface area contributed by atoms with Crippen molar-refractivity contribution in [1.82, 2.24) is 5.32 Å². The Morgan fingerprint density at radius 1 is 0.833 bits per heavy atom. The minimum absolute atomic E-state index is 0. The SMILES string of the molecule is C.C1CCNC1.O=Cc1ccc(F)cc1Cl.O=Cc1ccc(N2CCCC2)cc1Cl. The summed E-state index contributed by atoms with van der Waals surface area (Å²) < 4.78 is 12.3. The van der Waals surface area contributed by atoms with E-state index in [0.717, 1.165) is 31.1 Å². The van der Waals surface area contributed by atoms with Gasteiger partial charge in [0.05, 0.1) is 10.0 Å². The largest absolute Gasteiger partial charge is 0.371 e. The molecule has 0 amide bonds. The molecule has 0 atom stereocenters. The predicted octanol–water partition coefficient (Wildman–Crippen LogP) is 6.05. The van der Waals surface area contributed by atoms with Gasteiger partial charge in [-0.3, -0.25) is 9.59 Å². The summed E-state index contributed by atoms with van der Waals surface area (Å²) in [5.74, 6) is -0.435. The van der Waals surface area contributed by atoms with Gasteiger partial charge in [0.1, 0.15) is 5.82 Å². The van der Waals surface area contributed by atoms with Crippen molar-refractivity contribution in [2.24, 2.45) is 0 Å². The van der Waals surface area contributed by atoms with Crippen molar-refractivity contribution in [1.29, 1.82) is 0 Å². The fraction of sp³-hybridized carbons (Fsp3) is 0.391. The number of carbonyl (C=O) groups excluding carboxylic acids is 2. The molecule has 0 unspecified atom stereocenters. The first kappa shape index (κ1) is 26.1. The molecule has 0 aliphatic carbocycles. The molecule has 4 nitrogen and oxygen atoms in total. The highest BCUT2D eigenvalue weighted by Gasteiger charge is 2.13. The van der Waals surface area contributed by atoms with Crippen molar-refractivity contribution in [3.05, 3.63) is 63.4 Å². The number of carbonyl (C=O) groups is 2. The van der Waals surface area contributed by atoms with Crippen molar-refractivity contribution < 1.29 is 14.0 Å². The first-order valence-electron chi connectivity index (χ1n) is 9.65. The predicted molar refractivity (Wildman–Crippen MR) is 124 cm³/mol. The van der Waals surface area contributed by atoms with Gasteiger partial charge >= 0.3 is 0 Å². The lowest BCUT2D eigenvalue weighted by atomic mass is 10.2.